The quantitative estimate of drug-likeness (QED) is 0.701. The molecule has 0 aromatic rings. The van der Waals surface area contributed by atoms with Crippen LogP contribution in [0.5, 0.6) is 0 Å². The molecule has 0 aromatic heterocycles. The molecule has 0 aliphatic carbocycles. The van der Waals surface area contributed by atoms with E-state index in [2.05, 4.69) is 0 Å². The lowest BCUT2D eigenvalue weighted by Crippen LogP contribution is -2.45. The molecule has 0 radical (unpaired) electrons. The van der Waals surface area contributed by atoms with Gasteiger partial charge in [-0.1, -0.05) is 0 Å². The molecule has 1 saturated heterocycles. The van der Waals surface area contributed by atoms with E-state index in [1.807, 2.05) is 0 Å². The molecule has 0 atom stereocenters. The van der Waals surface area contributed by atoms with Gasteiger partial charge in [-0.15, -0.1) is 0 Å². The molecule has 17 heavy (non-hydrogen) atoms. The summed E-state index contributed by atoms with van der Waals surface area (Å²) >= 11 is 0. The molecule has 0 N–H and O–H groups in total. The van der Waals surface area contributed by atoms with Crippen molar-refractivity contribution >= 4 is 20.0 Å². The van der Waals surface area contributed by atoms with E-state index in [0.717, 1.165) is 0 Å². The minimum absolute atomic E-state index is 0.0820. The number of hydrogen-bond donors (Lipinski definition) is 0. The third kappa shape index (κ3) is 4.20. The summed E-state index contributed by atoms with van der Waals surface area (Å²) in [7, 11) is -3.33. The van der Waals surface area contributed by atoms with Gasteiger partial charge in [0, 0.05) is 33.4 Å². The second kappa shape index (κ2) is 5.21. The van der Waals surface area contributed by atoms with Gasteiger partial charge in [0.25, 0.3) is 10.2 Å². The average Bonchev–Trinajstić information content (AvgIpc) is 2.15. The third-order valence-corrected chi connectivity index (χ3v) is 5.92. The van der Waals surface area contributed by atoms with Crippen molar-refractivity contribution in [2.24, 2.45) is 5.92 Å². The Balaban J connectivity index is 2.58. The van der Waals surface area contributed by atoms with E-state index in [4.69, 9.17) is 0 Å². The molecule has 1 aliphatic heterocycles. The first-order chi connectivity index (χ1) is 7.63. The van der Waals surface area contributed by atoms with Crippen molar-refractivity contribution in [1.82, 2.24) is 8.61 Å². The van der Waals surface area contributed by atoms with Crippen molar-refractivity contribution in [2.75, 3.05) is 39.2 Å². The van der Waals surface area contributed by atoms with Gasteiger partial charge < -0.3 is 0 Å². The molecule has 1 fully saturated rings. The summed E-state index contributed by atoms with van der Waals surface area (Å²) in [5.41, 5.74) is 0. The van der Waals surface area contributed by atoms with Crippen LogP contribution in [0.4, 0.5) is 0 Å². The molecule has 102 valence electrons. The van der Waals surface area contributed by atoms with Gasteiger partial charge in [-0.2, -0.15) is 17.0 Å². The Hall–Kier alpha value is -0.180. The van der Waals surface area contributed by atoms with Gasteiger partial charge >= 0.3 is 0 Å². The smallest absolute Gasteiger partial charge is 0.229 e. The van der Waals surface area contributed by atoms with Gasteiger partial charge in [0.1, 0.15) is 9.84 Å². The number of rotatable bonds is 4. The Morgan fingerprint density at radius 3 is 1.94 bits per heavy atom. The maximum atomic E-state index is 11.8. The maximum absolute atomic E-state index is 11.8. The lowest BCUT2D eigenvalue weighted by Gasteiger charge is -2.32. The maximum Gasteiger partial charge on any atom is 0.281 e. The minimum Gasteiger partial charge on any atom is -0.229 e. The van der Waals surface area contributed by atoms with Crippen LogP contribution in [0.15, 0.2) is 0 Å². The van der Waals surface area contributed by atoms with Gasteiger partial charge in [0.05, 0.1) is 5.75 Å². The summed E-state index contributed by atoms with van der Waals surface area (Å²) in [6.45, 7) is 0.807. The zero-order valence-electron chi connectivity index (χ0n) is 10.5. The standard InChI is InChI=1S/C9H20N2O4S2/c1-10(2)17(14,15)11-6-4-9(5-7-11)8-16(3,12)13/h9H,4-8H2,1-3H3. The van der Waals surface area contributed by atoms with Crippen molar-refractivity contribution in [3.05, 3.63) is 0 Å². The van der Waals surface area contributed by atoms with Crippen molar-refractivity contribution < 1.29 is 16.8 Å². The number of hydrogen-bond acceptors (Lipinski definition) is 4. The van der Waals surface area contributed by atoms with Crippen LogP contribution in [0.1, 0.15) is 12.8 Å². The van der Waals surface area contributed by atoms with Crippen LogP contribution in [0, 0.1) is 5.92 Å². The van der Waals surface area contributed by atoms with Crippen molar-refractivity contribution in [3.63, 3.8) is 0 Å². The molecule has 0 spiro atoms. The molecule has 0 bridgehead atoms. The molecule has 8 heteroatoms. The summed E-state index contributed by atoms with van der Waals surface area (Å²) in [5, 5.41) is 0. The van der Waals surface area contributed by atoms with E-state index >= 15 is 0 Å². The Bertz CT molecular complexity index is 447. The molecule has 1 heterocycles. The predicted molar refractivity (Wildman–Crippen MR) is 66.6 cm³/mol. The van der Waals surface area contributed by atoms with E-state index in [0.29, 0.717) is 25.9 Å². The highest BCUT2D eigenvalue weighted by molar-refractivity contribution is 7.90. The van der Waals surface area contributed by atoms with E-state index in [1.165, 1.54) is 29.0 Å². The highest BCUT2D eigenvalue weighted by Gasteiger charge is 2.30. The number of piperidine rings is 1. The largest absolute Gasteiger partial charge is 0.281 e. The SMILES string of the molecule is CN(C)S(=O)(=O)N1CCC(CS(C)(=O)=O)CC1. The first kappa shape index (κ1) is 14.9. The molecule has 6 nitrogen and oxygen atoms in total. The Labute approximate surface area is 104 Å². The summed E-state index contributed by atoms with van der Waals surface area (Å²) in [6.07, 6.45) is 2.44. The van der Waals surface area contributed by atoms with Crippen molar-refractivity contribution in [1.29, 1.82) is 0 Å². The van der Waals surface area contributed by atoms with Crippen LogP contribution in [-0.4, -0.2) is 64.6 Å². The molecule has 1 rings (SSSR count). The first-order valence-corrected chi connectivity index (χ1v) is 8.94. The lowest BCUT2D eigenvalue weighted by atomic mass is 10.0. The fourth-order valence-corrected chi connectivity index (χ4v) is 4.29. The van der Waals surface area contributed by atoms with Crippen LogP contribution in [0.2, 0.25) is 0 Å². The summed E-state index contributed by atoms with van der Waals surface area (Å²) in [5.74, 6) is 0.238. The zero-order chi connectivity index (χ0) is 13.3. The second-order valence-corrected chi connectivity index (χ2v) is 9.05. The van der Waals surface area contributed by atoms with Gasteiger partial charge in [-0.05, 0) is 18.8 Å². The van der Waals surface area contributed by atoms with Crippen LogP contribution < -0.4 is 0 Å². The van der Waals surface area contributed by atoms with Crippen LogP contribution >= 0.6 is 0 Å². The molecule has 0 unspecified atom stereocenters. The number of nitrogens with zero attached hydrogens (tertiary/aromatic N) is 2. The fourth-order valence-electron chi connectivity index (χ4n) is 1.97. The predicted octanol–water partition coefficient (Wildman–Crippen LogP) is -0.451. The van der Waals surface area contributed by atoms with Gasteiger partial charge in [-0.25, -0.2) is 8.42 Å². The van der Waals surface area contributed by atoms with Crippen LogP contribution in [0.3, 0.4) is 0 Å². The van der Waals surface area contributed by atoms with Crippen molar-refractivity contribution in [2.45, 2.75) is 12.8 Å². The molecule has 1 aliphatic rings. The van der Waals surface area contributed by atoms with E-state index in [1.54, 1.807) is 0 Å². The normalized spacial score (nSPS) is 20.9. The molecule has 0 saturated carbocycles. The highest BCUT2D eigenvalue weighted by atomic mass is 32.2. The van der Waals surface area contributed by atoms with E-state index < -0.39 is 20.0 Å². The fraction of sp³-hybridized carbons (Fsp3) is 1.00. The average molecular weight is 284 g/mol. The first-order valence-electron chi connectivity index (χ1n) is 5.48. The van der Waals surface area contributed by atoms with Gasteiger partial charge in [0.15, 0.2) is 0 Å². The van der Waals surface area contributed by atoms with Crippen LogP contribution in [0.25, 0.3) is 0 Å². The van der Waals surface area contributed by atoms with Gasteiger partial charge in [0.2, 0.25) is 0 Å². The topological polar surface area (TPSA) is 74.8 Å². The minimum atomic E-state index is -3.35. The Morgan fingerprint density at radius 1 is 1.12 bits per heavy atom. The zero-order valence-corrected chi connectivity index (χ0v) is 12.1. The number of sulfone groups is 1. The molecular formula is C9H20N2O4S2. The second-order valence-electron chi connectivity index (χ2n) is 4.73. The van der Waals surface area contributed by atoms with Crippen molar-refractivity contribution in [3.8, 4) is 0 Å². The monoisotopic (exact) mass is 284 g/mol. The molecule has 0 aromatic carbocycles. The Morgan fingerprint density at radius 2 is 1.59 bits per heavy atom. The molecule has 0 amide bonds. The molecular weight excluding hydrogens is 264 g/mol. The van der Waals surface area contributed by atoms with E-state index in [9.17, 15) is 16.8 Å². The van der Waals surface area contributed by atoms with E-state index in [-0.39, 0.29) is 11.7 Å². The Kier molecular flexibility index (Phi) is 4.56. The van der Waals surface area contributed by atoms with Crippen LogP contribution in [-0.2, 0) is 20.0 Å². The highest BCUT2D eigenvalue weighted by Crippen LogP contribution is 2.21. The summed E-state index contributed by atoms with van der Waals surface area (Å²) in [6, 6.07) is 0. The third-order valence-electron chi connectivity index (χ3n) is 2.90. The summed E-state index contributed by atoms with van der Waals surface area (Å²) in [4.78, 5) is 0. The van der Waals surface area contributed by atoms with Gasteiger partial charge in [-0.3, -0.25) is 0 Å². The summed E-state index contributed by atoms with van der Waals surface area (Å²) < 4.78 is 48.5. The lowest BCUT2D eigenvalue weighted by molar-refractivity contribution is 0.276.